The maximum Gasteiger partial charge on any atom is 0.317 e. The first-order valence-electron chi connectivity index (χ1n) is 5.81. The zero-order valence-corrected chi connectivity index (χ0v) is 11.0. The Balaban J connectivity index is 4.38. The molecule has 0 heterocycles. The van der Waals surface area contributed by atoms with E-state index in [1.54, 1.807) is 20.8 Å². The van der Waals surface area contributed by atoms with Crippen molar-refractivity contribution >= 4 is 17.9 Å². The van der Waals surface area contributed by atoms with Crippen LogP contribution in [-0.4, -0.2) is 46.5 Å². The maximum absolute atomic E-state index is 11.9. The Hall–Kier alpha value is -1.79. The van der Waals surface area contributed by atoms with Crippen molar-refractivity contribution in [3.63, 3.8) is 0 Å². The summed E-state index contributed by atoms with van der Waals surface area (Å²) in [6.07, 6.45) is -0.0631. The SMILES string of the molecule is CC(CC(N)=O)NC(=O)N(CCC(=O)O)C(C)C. The van der Waals surface area contributed by atoms with Crippen LogP contribution in [0, 0.1) is 0 Å². The van der Waals surface area contributed by atoms with E-state index >= 15 is 0 Å². The van der Waals surface area contributed by atoms with Crippen molar-refractivity contribution in [3.05, 3.63) is 0 Å². The molecular weight excluding hydrogens is 238 g/mol. The first-order valence-corrected chi connectivity index (χ1v) is 5.81. The number of carbonyl (C=O) groups is 3. The molecule has 0 saturated heterocycles. The zero-order chi connectivity index (χ0) is 14.3. The molecule has 0 fully saturated rings. The van der Waals surface area contributed by atoms with Crippen molar-refractivity contribution in [1.29, 1.82) is 0 Å². The molecule has 0 radical (unpaired) electrons. The number of hydrogen-bond acceptors (Lipinski definition) is 3. The minimum Gasteiger partial charge on any atom is -0.481 e. The van der Waals surface area contributed by atoms with Crippen molar-refractivity contribution in [1.82, 2.24) is 10.2 Å². The van der Waals surface area contributed by atoms with E-state index in [4.69, 9.17) is 10.8 Å². The Morgan fingerprint density at radius 3 is 2.22 bits per heavy atom. The maximum atomic E-state index is 11.9. The van der Waals surface area contributed by atoms with Gasteiger partial charge in [-0.2, -0.15) is 0 Å². The summed E-state index contributed by atoms with van der Waals surface area (Å²) in [7, 11) is 0. The predicted octanol–water partition coefficient (Wildman–Crippen LogP) is 0.145. The van der Waals surface area contributed by atoms with Crippen LogP contribution in [0.2, 0.25) is 0 Å². The van der Waals surface area contributed by atoms with Crippen molar-refractivity contribution in [2.24, 2.45) is 5.73 Å². The molecule has 0 saturated carbocycles. The van der Waals surface area contributed by atoms with E-state index in [0.29, 0.717) is 0 Å². The van der Waals surface area contributed by atoms with E-state index in [-0.39, 0.29) is 37.5 Å². The van der Waals surface area contributed by atoms with Crippen LogP contribution in [0.25, 0.3) is 0 Å². The van der Waals surface area contributed by atoms with Gasteiger partial charge in [-0.05, 0) is 20.8 Å². The monoisotopic (exact) mass is 259 g/mol. The van der Waals surface area contributed by atoms with E-state index in [0.717, 1.165) is 0 Å². The standard InChI is InChI=1S/C11H21N3O4/c1-7(2)14(5-4-10(16)17)11(18)13-8(3)6-9(12)15/h7-8H,4-6H2,1-3H3,(H2,12,15)(H,13,18)(H,16,17). The fourth-order valence-electron chi connectivity index (χ4n) is 1.46. The Bertz CT molecular complexity index is 317. The number of aliphatic carboxylic acids is 1. The third-order valence-corrected chi connectivity index (χ3v) is 2.33. The summed E-state index contributed by atoms with van der Waals surface area (Å²) in [5.41, 5.74) is 5.02. The largest absolute Gasteiger partial charge is 0.481 e. The number of hydrogen-bond donors (Lipinski definition) is 3. The zero-order valence-electron chi connectivity index (χ0n) is 11.0. The second-order valence-corrected chi connectivity index (χ2v) is 4.45. The number of nitrogens with one attached hydrogen (secondary N) is 1. The summed E-state index contributed by atoms with van der Waals surface area (Å²) in [6.45, 7) is 5.38. The summed E-state index contributed by atoms with van der Waals surface area (Å²) in [5.74, 6) is -1.46. The molecule has 104 valence electrons. The lowest BCUT2D eigenvalue weighted by atomic mass is 10.2. The van der Waals surface area contributed by atoms with E-state index in [9.17, 15) is 14.4 Å². The molecule has 0 aliphatic heterocycles. The molecule has 7 heteroatoms. The molecule has 0 aliphatic rings. The molecule has 3 amide bonds. The number of urea groups is 1. The number of carboxylic acids is 1. The van der Waals surface area contributed by atoms with E-state index < -0.39 is 11.9 Å². The lowest BCUT2D eigenvalue weighted by Crippen LogP contribution is -2.48. The van der Waals surface area contributed by atoms with Crippen LogP contribution in [0.3, 0.4) is 0 Å². The molecule has 0 aliphatic carbocycles. The molecular formula is C11H21N3O4. The van der Waals surface area contributed by atoms with Crippen LogP contribution in [0.1, 0.15) is 33.6 Å². The normalized spacial score (nSPS) is 12.0. The van der Waals surface area contributed by atoms with Crippen LogP contribution >= 0.6 is 0 Å². The number of nitrogens with two attached hydrogens (primary N) is 1. The van der Waals surface area contributed by atoms with Gasteiger partial charge >= 0.3 is 12.0 Å². The van der Waals surface area contributed by atoms with Gasteiger partial charge in [-0.25, -0.2) is 4.79 Å². The van der Waals surface area contributed by atoms with Gasteiger partial charge in [0.1, 0.15) is 0 Å². The Labute approximate surface area is 106 Å². The highest BCUT2D eigenvalue weighted by Gasteiger charge is 2.19. The number of carboxylic acid groups (broad SMARTS) is 1. The molecule has 0 aromatic heterocycles. The molecule has 0 bridgehead atoms. The molecule has 7 nitrogen and oxygen atoms in total. The van der Waals surface area contributed by atoms with Crippen LogP contribution < -0.4 is 11.1 Å². The molecule has 1 unspecified atom stereocenters. The number of nitrogens with zero attached hydrogens (tertiary/aromatic N) is 1. The minimum absolute atomic E-state index is 0.0522. The summed E-state index contributed by atoms with van der Waals surface area (Å²) in [5, 5.41) is 11.2. The highest BCUT2D eigenvalue weighted by atomic mass is 16.4. The average Bonchev–Trinajstić information content (AvgIpc) is 2.14. The smallest absolute Gasteiger partial charge is 0.317 e. The van der Waals surface area contributed by atoms with Crippen molar-refractivity contribution < 1.29 is 19.5 Å². The van der Waals surface area contributed by atoms with Crippen molar-refractivity contribution in [2.45, 2.75) is 45.7 Å². The van der Waals surface area contributed by atoms with E-state index in [1.165, 1.54) is 4.90 Å². The quantitative estimate of drug-likeness (QED) is 0.603. The highest BCUT2D eigenvalue weighted by molar-refractivity contribution is 5.78. The molecule has 0 aromatic carbocycles. The van der Waals surface area contributed by atoms with Crippen LogP contribution in [0.15, 0.2) is 0 Å². The van der Waals surface area contributed by atoms with Gasteiger partial charge in [0.15, 0.2) is 0 Å². The van der Waals surface area contributed by atoms with Gasteiger partial charge in [0.25, 0.3) is 0 Å². The number of rotatable bonds is 7. The fourth-order valence-corrected chi connectivity index (χ4v) is 1.46. The third kappa shape index (κ3) is 6.72. The summed E-state index contributed by atoms with van der Waals surface area (Å²) in [6, 6.07) is -0.883. The summed E-state index contributed by atoms with van der Waals surface area (Å²) < 4.78 is 0. The highest BCUT2D eigenvalue weighted by Crippen LogP contribution is 2.02. The van der Waals surface area contributed by atoms with Crippen LogP contribution in [0.5, 0.6) is 0 Å². The number of amides is 3. The lowest BCUT2D eigenvalue weighted by molar-refractivity contribution is -0.137. The molecule has 4 N–H and O–H groups in total. The molecule has 1 atom stereocenters. The predicted molar refractivity (Wildman–Crippen MR) is 65.9 cm³/mol. The van der Waals surface area contributed by atoms with Gasteiger partial charge in [-0.15, -0.1) is 0 Å². The lowest BCUT2D eigenvalue weighted by Gasteiger charge is -2.27. The second kappa shape index (κ2) is 7.52. The molecule has 0 aromatic rings. The fraction of sp³-hybridized carbons (Fsp3) is 0.727. The Morgan fingerprint density at radius 1 is 1.28 bits per heavy atom. The van der Waals surface area contributed by atoms with Crippen LogP contribution in [0.4, 0.5) is 4.79 Å². The van der Waals surface area contributed by atoms with Gasteiger partial charge in [-0.1, -0.05) is 0 Å². The minimum atomic E-state index is -0.960. The molecule has 18 heavy (non-hydrogen) atoms. The van der Waals surface area contributed by atoms with Crippen molar-refractivity contribution in [3.8, 4) is 0 Å². The van der Waals surface area contributed by atoms with E-state index in [1.807, 2.05) is 0 Å². The van der Waals surface area contributed by atoms with Gasteiger partial charge < -0.3 is 21.1 Å². The summed E-state index contributed by atoms with van der Waals surface area (Å²) >= 11 is 0. The van der Waals surface area contributed by atoms with Crippen LogP contribution in [-0.2, 0) is 9.59 Å². The Kier molecular flexibility index (Phi) is 6.77. The second-order valence-electron chi connectivity index (χ2n) is 4.45. The molecule has 0 spiro atoms. The third-order valence-electron chi connectivity index (χ3n) is 2.33. The average molecular weight is 259 g/mol. The topological polar surface area (TPSA) is 113 Å². The van der Waals surface area contributed by atoms with E-state index in [2.05, 4.69) is 5.32 Å². The van der Waals surface area contributed by atoms with Crippen molar-refractivity contribution in [2.75, 3.05) is 6.54 Å². The Morgan fingerprint density at radius 2 is 1.83 bits per heavy atom. The number of carbonyl (C=O) groups excluding carboxylic acids is 2. The number of primary amides is 1. The summed E-state index contributed by atoms with van der Waals surface area (Å²) in [4.78, 5) is 34.5. The first-order chi connectivity index (χ1) is 8.23. The molecule has 0 rings (SSSR count). The van der Waals surface area contributed by atoms with Gasteiger partial charge in [-0.3, -0.25) is 9.59 Å². The first kappa shape index (κ1) is 16.2. The van der Waals surface area contributed by atoms with Gasteiger partial charge in [0, 0.05) is 25.0 Å². The van der Waals surface area contributed by atoms with Gasteiger partial charge in [0.05, 0.1) is 6.42 Å². The van der Waals surface area contributed by atoms with Gasteiger partial charge in [0.2, 0.25) is 5.91 Å².